The number of carboxylic acid groups (broad SMARTS) is 1. The van der Waals surface area contributed by atoms with E-state index in [1.54, 1.807) is 0 Å². The second-order valence-electron chi connectivity index (χ2n) is 6.89. The summed E-state index contributed by atoms with van der Waals surface area (Å²) in [5.41, 5.74) is 2.20. The van der Waals surface area contributed by atoms with Crippen molar-refractivity contribution in [2.45, 2.75) is 64.0 Å². The van der Waals surface area contributed by atoms with Crippen molar-refractivity contribution in [3.63, 3.8) is 0 Å². The van der Waals surface area contributed by atoms with Crippen molar-refractivity contribution in [1.29, 1.82) is 0 Å². The fraction of sp³-hybridized carbons (Fsp3) is 0.625. The van der Waals surface area contributed by atoms with E-state index in [0.717, 1.165) is 24.8 Å². The Balaban J connectivity index is 2.02. The summed E-state index contributed by atoms with van der Waals surface area (Å²) >= 11 is 0. The smallest absolute Gasteiger partial charge is 0.305 e. The number of carboxylic acids is 1. The largest absolute Gasteiger partial charge is 0.481 e. The maximum atomic E-state index is 11.0. The highest BCUT2D eigenvalue weighted by atomic mass is 16.4. The maximum Gasteiger partial charge on any atom is 0.305 e. The van der Waals surface area contributed by atoms with Crippen LogP contribution in [0.15, 0.2) is 18.5 Å². The lowest BCUT2D eigenvalue weighted by molar-refractivity contribution is -0.139. The fourth-order valence-electron chi connectivity index (χ4n) is 2.59. The third kappa shape index (κ3) is 3.57. The van der Waals surface area contributed by atoms with E-state index in [1.807, 2.05) is 12.4 Å². The Morgan fingerprint density at radius 2 is 2.10 bits per heavy atom. The molecule has 1 aliphatic carbocycles. The summed E-state index contributed by atoms with van der Waals surface area (Å²) in [6, 6.07) is 2.16. The van der Waals surface area contributed by atoms with Crippen LogP contribution in [-0.4, -0.2) is 21.6 Å². The predicted octanol–water partition coefficient (Wildman–Crippen LogP) is 2.87. The molecule has 0 amide bonds. The molecule has 1 aromatic heterocycles. The number of pyridine rings is 1. The van der Waals surface area contributed by atoms with Gasteiger partial charge in [0, 0.05) is 24.5 Å². The number of hydrogen-bond acceptors (Lipinski definition) is 3. The Hall–Kier alpha value is -1.42. The average Bonchev–Trinajstić information content (AvgIpc) is 2.31. The summed E-state index contributed by atoms with van der Waals surface area (Å²) in [6.07, 6.45) is 6.98. The maximum absolute atomic E-state index is 11.0. The van der Waals surface area contributed by atoms with Crippen molar-refractivity contribution >= 4 is 5.97 Å². The number of nitrogens with zero attached hydrogens (tertiary/aromatic N) is 1. The van der Waals surface area contributed by atoms with Gasteiger partial charge in [0.2, 0.25) is 0 Å². The van der Waals surface area contributed by atoms with Gasteiger partial charge in [0.25, 0.3) is 0 Å². The van der Waals surface area contributed by atoms with Gasteiger partial charge in [0.15, 0.2) is 0 Å². The van der Waals surface area contributed by atoms with Gasteiger partial charge in [-0.1, -0.05) is 26.8 Å². The molecule has 1 aromatic rings. The summed E-state index contributed by atoms with van der Waals surface area (Å²) in [6.45, 7) is 7.18. The minimum atomic E-state index is -0.723. The van der Waals surface area contributed by atoms with Crippen molar-refractivity contribution in [3.05, 3.63) is 29.6 Å². The molecule has 4 heteroatoms. The van der Waals surface area contributed by atoms with Gasteiger partial charge in [-0.2, -0.15) is 0 Å². The number of aromatic nitrogens is 1. The lowest BCUT2D eigenvalue weighted by atomic mass is 9.74. The number of hydrogen-bond donors (Lipinski definition) is 2. The Kier molecular flexibility index (Phi) is 4.14. The van der Waals surface area contributed by atoms with Crippen molar-refractivity contribution in [2.75, 3.05) is 0 Å². The highest BCUT2D eigenvalue weighted by Crippen LogP contribution is 2.35. The van der Waals surface area contributed by atoms with Crippen LogP contribution in [0.5, 0.6) is 0 Å². The number of aliphatic carboxylic acids is 1. The fourth-order valence-corrected chi connectivity index (χ4v) is 2.59. The summed E-state index contributed by atoms with van der Waals surface area (Å²) < 4.78 is 0. The van der Waals surface area contributed by atoms with Crippen LogP contribution in [0.1, 0.15) is 57.6 Å². The molecule has 0 unspecified atom stereocenters. The molecule has 2 rings (SSSR count). The molecule has 1 saturated carbocycles. The number of rotatable bonds is 5. The summed E-state index contributed by atoms with van der Waals surface area (Å²) in [7, 11) is 0. The van der Waals surface area contributed by atoms with E-state index in [9.17, 15) is 4.79 Å². The molecule has 4 nitrogen and oxygen atoms in total. The first-order valence-corrected chi connectivity index (χ1v) is 7.22. The molecule has 0 radical (unpaired) electrons. The van der Waals surface area contributed by atoms with Crippen molar-refractivity contribution < 1.29 is 9.90 Å². The molecular formula is C16H24N2O2. The van der Waals surface area contributed by atoms with Gasteiger partial charge in [0.05, 0.1) is 6.42 Å². The molecule has 1 heterocycles. The van der Waals surface area contributed by atoms with E-state index in [-0.39, 0.29) is 17.4 Å². The Morgan fingerprint density at radius 1 is 1.40 bits per heavy atom. The molecule has 1 aliphatic rings. The van der Waals surface area contributed by atoms with Gasteiger partial charge in [-0.05, 0) is 35.8 Å². The SMILES string of the molecule is CC(C)(C)c1cncc(CNC2(CC(=O)O)CCC2)c1. The van der Waals surface area contributed by atoms with E-state index in [2.05, 4.69) is 37.1 Å². The van der Waals surface area contributed by atoms with Crippen LogP contribution in [0.25, 0.3) is 0 Å². The standard InChI is InChI=1S/C16H24N2O2/c1-15(2,3)13-7-12(9-17-11-13)10-18-16(5-4-6-16)8-14(19)20/h7,9,11,18H,4-6,8,10H2,1-3H3,(H,19,20). The lowest BCUT2D eigenvalue weighted by Gasteiger charge is -2.42. The molecule has 0 saturated heterocycles. The first-order valence-electron chi connectivity index (χ1n) is 7.22. The van der Waals surface area contributed by atoms with Crippen molar-refractivity contribution in [3.8, 4) is 0 Å². The molecule has 0 bridgehead atoms. The molecule has 0 aliphatic heterocycles. The highest BCUT2D eigenvalue weighted by Gasteiger charge is 2.38. The van der Waals surface area contributed by atoms with E-state index in [4.69, 9.17) is 5.11 Å². The third-order valence-corrected chi connectivity index (χ3v) is 4.13. The number of nitrogens with one attached hydrogen (secondary N) is 1. The Morgan fingerprint density at radius 3 is 2.60 bits per heavy atom. The summed E-state index contributed by atoms with van der Waals surface area (Å²) in [4.78, 5) is 15.3. The first-order chi connectivity index (χ1) is 9.31. The van der Waals surface area contributed by atoms with Crippen molar-refractivity contribution in [1.82, 2.24) is 10.3 Å². The van der Waals surface area contributed by atoms with Crippen LogP contribution in [0, 0.1) is 0 Å². The topological polar surface area (TPSA) is 62.2 Å². The third-order valence-electron chi connectivity index (χ3n) is 4.13. The molecule has 0 spiro atoms. The monoisotopic (exact) mass is 276 g/mol. The zero-order valence-corrected chi connectivity index (χ0v) is 12.6. The van der Waals surface area contributed by atoms with E-state index in [0.29, 0.717) is 6.54 Å². The average molecular weight is 276 g/mol. The number of carbonyl (C=O) groups is 1. The minimum absolute atomic E-state index is 0.0816. The van der Waals surface area contributed by atoms with Gasteiger partial charge in [-0.15, -0.1) is 0 Å². The quantitative estimate of drug-likeness (QED) is 0.868. The van der Waals surface area contributed by atoms with E-state index in [1.165, 1.54) is 5.56 Å². The lowest BCUT2D eigenvalue weighted by Crippen LogP contribution is -2.51. The normalized spacial score (nSPS) is 17.6. The zero-order chi connectivity index (χ0) is 14.8. The molecule has 110 valence electrons. The van der Waals surface area contributed by atoms with Gasteiger partial charge < -0.3 is 10.4 Å². The predicted molar refractivity (Wildman–Crippen MR) is 78.6 cm³/mol. The first kappa shape index (κ1) is 15.0. The Bertz CT molecular complexity index is 487. The van der Waals surface area contributed by atoms with E-state index >= 15 is 0 Å². The van der Waals surface area contributed by atoms with Crippen LogP contribution in [0.4, 0.5) is 0 Å². The Labute approximate surface area is 120 Å². The van der Waals surface area contributed by atoms with Gasteiger partial charge in [-0.25, -0.2) is 0 Å². The second-order valence-corrected chi connectivity index (χ2v) is 6.89. The second kappa shape index (κ2) is 5.52. The van der Waals surface area contributed by atoms with Gasteiger partial charge in [0.1, 0.15) is 0 Å². The van der Waals surface area contributed by atoms with Crippen LogP contribution in [0.2, 0.25) is 0 Å². The van der Waals surface area contributed by atoms with Crippen molar-refractivity contribution in [2.24, 2.45) is 0 Å². The minimum Gasteiger partial charge on any atom is -0.481 e. The molecule has 0 atom stereocenters. The molecule has 0 aromatic carbocycles. The van der Waals surface area contributed by atoms with Gasteiger partial charge >= 0.3 is 5.97 Å². The van der Waals surface area contributed by atoms with E-state index < -0.39 is 5.97 Å². The van der Waals surface area contributed by atoms with Crippen LogP contribution in [-0.2, 0) is 16.8 Å². The molecule has 1 fully saturated rings. The zero-order valence-electron chi connectivity index (χ0n) is 12.6. The molecular weight excluding hydrogens is 252 g/mol. The molecule has 2 N–H and O–H groups in total. The van der Waals surface area contributed by atoms with Crippen LogP contribution < -0.4 is 5.32 Å². The summed E-state index contributed by atoms with van der Waals surface area (Å²) in [5.74, 6) is -0.723. The summed E-state index contributed by atoms with van der Waals surface area (Å²) in [5, 5.41) is 12.4. The highest BCUT2D eigenvalue weighted by molar-refractivity contribution is 5.68. The van der Waals surface area contributed by atoms with Crippen LogP contribution >= 0.6 is 0 Å². The van der Waals surface area contributed by atoms with Crippen LogP contribution in [0.3, 0.4) is 0 Å². The van der Waals surface area contributed by atoms with Gasteiger partial charge in [-0.3, -0.25) is 9.78 Å². The molecule has 20 heavy (non-hydrogen) atoms.